The second-order valence-electron chi connectivity index (χ2n) is 3.31. The lowest BCUT2D eigenvalue weighted by atomic mass is 10.3. The molecule has 0 aliphatic carbocycles. The molecule has 0 fully saturated rings. The topological polar surface area (TPSA) is 96.9 Å². The first-order valence-electron chi connectivity index (χ1n) is 5.02. The Bertz CT molecular complexity index is 492. The van der Waals surface area contributed by atoms with E-state index < -0.39 is 30.7 Å². The Hall–Kier alpha value is -2.49. The van der Waals surface area contributed by atoms with Crippen molar-refractivity contribution < 1.29 is 37.4 Å². The Labute approximate surface area is 110 Å². The number of benzene rings is 1. The largest absolute Gasteiger partial charge is 0.573 e. The van der Waals surface area contributed by atoms with Crippen LogP contribution >= 0.6 is 0 Å². The van der Waals surface area contributed by atoms with Crippen molar-refractivity contribution >= 4 is 17.7 Å². The molecule has 1 rings (SSSR count). The van der Waals surface area contributed by atoms with Crippen molar-refractivity contribution in [1.29, 1.82) is 0 Å². The molecule has 0 aromatic heterocycles. The summed E-state index contributed by atoms with van der Waals surface area (Å²) in [6.07, 6.45) is -4.84. The first-order valence-corrected chi connectivity index (χ1v) is 5.02. The molecular formula is C10H9F3N2O5. The summed E-state index contributed by atoms with van der Waals surface area (Å²) < 4.78 is 39.6. The number of alkyl halides is 3. The Kier molecular flexibility index (Phi) is 5.15. The van der Waals surface area contributed by atoms with Crippen molar-refractivity contribution in [3.05, 3.63) is 24.3 Å². The monoisotopic (exact) mass is 294 g/mol. The van der Waals surface area contributed by atoms with Gasteiger partial charge in [0, 0.05) is 11.8 Å². The Morgan fingerprint density at radius 2 is 2.00 bits per heavy atom. The fraction of sp³-hybridized carbons (Fsp3) is 0.200. The third-order valence-corrected chi connectivity index (χ3v) is 1.69. The number of halogens is 3. The summed E-state index contributed by atoms with van der Waals surface area (Å²) in [6, 6.07) is 3.58. The van der Waals surface area contributed by atoms with E-state index in [-0.39, 0.29) is 5.69 Å². The number of amides is 2. The van der Waals surface area contributed by atoms with E-state index >= 15 is 0 Å². The summed E-state index contributed by atoms with van der Waals surface area (Å²) >= 11 is 0. The lowest BCUT2D eigenvalue weighted by molar-refractivity contribution is -0.274. The lowest BCUT2D eigenvalue weighted by Gasteiger charge is -2.11. The highest BCUT2D eigenvalue weighted by molar-refractivity contribution is 5.88. The maximum Gasteiger partial charge on any atom is 0.573 e. The smallest absolute Gasteiger partial charge is 0.479 e. The summed E-state index contributed by atoms with van der Waals surface area (Å²) in [5.41, 5.74) is 1.74. The van der Waals surface area contributed by atoms with Crippen LogP contribution in [0.5, 0.6) is 5.75 Å². The van der Waals surface area contributed by atoms with Gasteiger partial charge in [-0.2, -0.15) is 0 Å². The summed E-state index contributed by atoms with van der Waals surface area (Å²) in [4.78, 5) is 25.6. The van der Waals surface area contributed by atoms with E-state index in [4.69, 9.17) is 5.11 Å². The van der Waals surface area contributed by atoms with E-state index in [2.05, 4.69) is 14.9 Å². The molecule has 2 amide bonds. The second kappa shape index (κ2) is 6.61. The van der Waals surface area contributed by atoms with Crippen LogP contribution in [0.2, 0.25) is 0 Å². The minimum atomic E-state index is -4.84. The molecule has 110 valence electrons. The number of ether oxygens (including phenoxy) is 1. The highest BCUT2D eigenvalue weighted by atomic mass is 19.4. The molecule has 0 spiro atoms. The summed E-state index contributed by atoms with van der Waals surface area (Å²) in [5.74, 6) is -1.81. The Balaban J connectivity index is 2.53. The van der Waals surface area contributed by atoms with Gasteiger partial charge in [0.15, 0.2) is 6.61 Å². The maximum atomic E-state index is 12.0. The zero-order chi connectivity index (χ0) is 15.2. The number of carbonyl (C=O) groups is 2. The second-order valence-corrected chi connectivity index (χ2v) is 3.31. The van der Waals surface area contributed by atoms with Crippen LogP contribution < -0.4 is 15.5 Å². The van der Waals surface area contributed by atoms with Gasteiger partial charge in [0.2, 0.25) is 0 Å². The van der Waals surface area contributed by atoms with Crippen molar-refractivity contribution in [1.82, 2.24) is 5.48 Å². The fourth-order valence-corrected chi connectivity index (χ4v) is 1.09. The van der Waals surface area contributed by atoms with Crippen molar-refractivity contribution in [2.75, 3.05) is 11.9 Å². The van der Waals surface area contributed by atoms with Crippen LogP contribution in [0.3, 0.4) is 0 Å². The first kappa shape index (κ1) is 15.6. The number of carboxylic acids is 1. The Morgan fingerprint density at radius 1 is 1.30 bits per heavy atom. The molecule has 0 bridgehead atoms. The normalized spacial score (nSPS) is 10.8. The molecule has 1 aromatic rings. The van der Waals surface area contributed by atoms with Gasteiger partial charge < -0.3 is 15.2 Å². The van der Waals surface area contributed by atoms with Crippen LogP contribution in [0.25, 0.3) is 0 Å². The maximum absolute atomic E-state index is 12.0. The van der Waals surface area contributed by atoms with E-state index in [9.17, 15) is 22.8 Å². The molecule has 0 heterocycles. The zero-order valence-electron chi connectivity index (χ0n) is 9.73. The van der Waals surface area contributed by atoms with Crippen LogP contribution in [0.15, 0.2) is 24.3 Å². The van der Waals surface area contributed by atoms with Gasteiger partial charge >= 0.3 is 18.4 Å². The molecular weight excluding hydrogens is 285 g/mol. The van der Waals surface area contributed by atoms with Crippen LogP contribution in [0, 0.1) is 0 Å². The third-order valence-electron chi connectivity index (χ3n) is 1.69. The van der Waals surface area contributed by atoms with Crippen molar-refractivity contribution in [3.63, 3.8) is 0 Å². The quantitative estimate of drug-likeness (QED) is 0.718. The van der Waals surface area contributed by atoms with Gasteiger partial charge in [-0.1, -0.05) is 6.07 Å². The summed E-state index contributed by atoms with van der Waals surface area (Å²) in [5, 5.41) is 10.4. The molecule has 0 saturated heterocycles. The van der Waals surface area contributed by atoms with Gasteiger partial charge in [0.25, 0.3) is 0 Å². The highest BCUT2D eigenvalue weighted by Crippen LogP contribution is 2.24. The number of aliphatic carboxylic acids is 1. The third kappa shape index (κ3) is 6.44. The van der Waals surface area contributed by atoms with Crippen molar-refractivity contribution in [2.24, 2.45) is 0 Å². The lowest BCUT2D eigenvalue weighted by Crippen LogP contribution is -2.30. The molecule has 0 atom stereocenters. The number of rotatable bonds is 5. The standard InChI is InChI=1S/C10H9F3N2O5/c11-10(12,13)20-7-3-1-2-6(4-7)14-9(18)15-19-5-8(16)17/h1-4H,5H2,(H,16,17)(H2,14,15,18). The van der Waals surface area contributed by atoms with Crippen molar-refractivity contribution in [3.8, 4) is 5.75 Å². The van der Waals surface area contributed by atoms with E-state index in [0.717, 1.165) is 12.1 Å². The minimum absolute atomic E-state index is 0.00294. The SMILES string of the molecule is O=C(O)CONC(=O)Nc1cccc(OC(F)(F)F)c1. The average Bonchev–Trinajstić information content (AvgIpc) is 2.26. The molecule has 10 heteroatoms. The number of urea groups is 1. The number of hydrogen-bond donors (Lipinski definition) is 3. The van der Waals surface area contributed by atoms with Gasteiger partial charge in [0.05, 0.1) is 0 Å². The minimum Gasteiger partial charge on any atom is -0.479 e. The molecule has 7 nitrogen and oxygen atoms in total. The van der Waals surface area contributed by atoms with Gasteiger partial charge in [-0.05, 0) is 12.1 Å². The number of nitrogens with one attached hydrogen (secondary N) is 2. The predicted octanol–water partition coefficient (Wildman–Crippen LogP) is 1.72. The van der Waals surface area contributed by atoms with Gasteiger partial charge in [0.1, 0.15) is 5.75 Å². The van der Waals surface area contributed by atoms with E-state index in [1.807, 2.05) is 0 Å². The first-order chi connectivity index (χ1) is 9.26. The Morgan fingerprint density at radius 3 is 2.60 bits per heavy atom. The van der Waals surface area contributed by atoms with Crippen molar-refractivity contribution in [2.45, 2.75) is 6.36 Å². The van der Waals surface area contributed by atoms with Crippen LogP contribution in [-0.4, -0.2) is 30.1 Å². The van der Waals surface area contributed by atoms with E-state index in [1.165, 1.54) is 12.1 Å². The van der Waals surface area contributed by atoms with Gasteiger partial charge in [-0.15, -0.1) is 13.2 Å². The number of hydrogen-bond acceptors (Lipinski definition) is 4. The number of carbonyl (C=O) groups excluding carboxylic acids is 1. The number of hydroxylamine groups is 1. The summed E-state index contributed by atoms with van der Waals surface area (Å²) in [6.45, 7) is -0.759. The molecule has 0 radical (unpaired) electrons. The summed E-state index contributed by atoms with van der Waals surface area (Å²) in [7, 11) is 0. The molecule has 3 N–H and O–H groups in total. The number of carboxylic acid groups (broad SMARTS) is 1. The predicted molar refractivity (Wildman–Crippen MR) is 58.9 cm³/mol. The van der Waals surface area contributed by atoms with E-state index in [1.54, 1.807) is 5.48 Å². The van der Waals surface area contributed by atoms with Crippen LogP contribution in [0.4, 0.5) is 23.7 Å². The fourth-order valence-electron chi connectivity index (χ4n) is 1.09. The van der Waals surface area contributed by atoms with E-state index in [0.29, 0.717) is 0 Å². The molecule has 0 unspecified atom stereocenters. The molecule has 0 saturated carbocycles. The molecule has 1 aromatic carbocycles. The van der Waals surface area contributed by atoms with Crippen LogP contribution in [0.1, 0.15) is 0 Å². The molecule has 0 aliphatic rings. The molecule has 20 heavy (non-hydrogen) atoms. The number of anilines is 1. The average molecular weight is 294 g/mol. The molecule has 0 aliphatic heterocycles. The van der Waals surface area contributed by atoms with Gasteiger partial charge in [-0.3, -0.25) is 4.84 Å². The highest BCUT2D eigenvalue weighted by Gasteiger charge is 2.31. The zero-order valence-corrected chi connectivity index (χ0v) is 9.73. The van der Waals surface area contributed by atoms with Gasteiger partial charge in [-0.25, -0.2) is 15.1 Å². The van der Waals surface area contributed by atoms with Crippen LogP contribution in [-0.2, 0) is 9.63 Å².